The van der Waals surface area contributed by atoms with Gasteiger partial charge in [0.15, 0.2) is 0 Å². The van der Waals surface area contributed by atoms with Crippen LogP contribution in [0.5, 0.6) is 0 Å². The lowest BCUT2D eigenvalue weighted by Gasteiger charge is -2.49. The van der Waals surface area contributed by atoms with Crippen LogP contribution in [-0.2, 0) is 15.9 Å². The third kappa shape index (κ3) is 2.24. The number of fused-ring (bicyclic) bond motifs is 6. The van der Waals surface area contributed by atoms with Gasteiger partial charge in [-0.1, -0.05) is 18.2 Å². The van der Waals surface area contributed by atoms with Crippen LogP contribution in [0.25, 0.3) is 11.0 Å². The first-order valence-electron chi connectivity index (χ1n) is 9.21. The average Bonchev–Trinajstić information content (AvgIpc) is 3.02. The first-order valence-corrected chi connectivity index (χ1v) is 9.21. The van der Waals surface area contributed by atoms with E-state index in [0.29, 0.717) is 18.0 Å². The molecule has 1 aromatic carbocycles. The van der Waals surface area contributed by atoms with Gasteiger partial charge < -0.3 is 13.9 Å². The summed E-state index contributed by atoms with van der Waals surface area (Å²) in [6, 6.07) is 9.73. The van der Waals surface area contributed by atoms with Gasteiger partial charge in [-0.25, -0.2) is 0 Å². The van der Waals surface area contributed by atoms with Crippen molar-refractivity contribution in [3.63, 3.8) is 0 Å². The zero-order valence-corrected chi connectivity index (χ0v) is 14.2. The van der Waals surface area contributed by atoms with E-state index in [-0.39, 0.29) is 6.10 Å². The Bertz CT molecular complexity index is 734. The molecule has 0 radical (unpaired) electrons. The predicted molar refractivity (Wildman–Crippen MR) is 92.4 cm³/mol. The summed E-state index contributed by atoms with van der Waals surface area (Å²) in [7, 11) is 1.85. The van der Waals surface area contributed by atoms with Gasteiger partial charge in [-0.05, 0) is 31.7 Å². The molecule has 24 heavy (non-hydrogen) atoms. The Morgan fingerprint density at radius 2 is 1.96 bits per heavy atom. The zero-order valence-electron chi connectivity index (χ0n) is 14.2. The molecular formula is C20H25NO3. The van der Waals surface area contributed by atoms with Crippen molar-refractivity contribution in [2.24, 2.45) is 0 Å². The summed E-state index contributed by atoms with van der Waals surface area (Å²) < 4.78 is 17.8. The first-order chi connectivity index (χ1) is 11.8. The van der Waals surface area contributed by atoms with Crippen LogP contribution in [0, 0.1) is 0 Å². The Hall–Kier alpha value is -1.36. The summed E-state index contributed by atoms with van der Waals surface area (Å²) in [6.45, 7) is 2.82. The van der Waals surface area contributed by atoms with Crippen molar-refractivity contribution in [3.8, 4) is 0 Å². The molecule has 2 aromatic rings. The van der Waals surface area contributed by atoms with Gasteiger partial charge in [-0.3, -0.25) is 4.90 Å². The molecule has 0 spiro atoms. The Kier molecular flexibility index (Phi) is 3.65. The number of furan rings is 1. The van der Waals surface area contributed by atoms with Gasteiger partial charge in [0.05, 0.1) is 6.10 Å². The predicted octanol–water partition coefficient (Wildman–Crippen LogP) is 3.34. The standard InChI is InChI=1S/C20H25NO3/c1-22-19-12-21(13-6-8-23-9-7-13)14-10-16-15-4-2-3-5-18(15)24-20(16)17(19)11-14/h2-5,13-14,17,19H,6-12H2,1H3/t14-,17+,19-/m0/s1. The maximum absolute atomic E-state index is 6.27. The number of piperidine rings is 1. The Morgan fingerprint density at radius 3 is 2.79 bits per heavy atom. The molecule has 1 aliphatic carbocycles. The number of benzene rings is 1. The number of hydrogen-bond acceptors (Lipinski definition) is 4. The summed E-state index contributed by atoms with van der Waals surface area (Å²) in [5.41, 5.74) is 2.45. The van der Waals surface area contributed by atoms with E-state index >= 15 is 0 Å². The molecule has 1 aromatic heterocycles. The van der Waals surface area contributed by atoms with E-state index in [1.165, 1.54) is 16.7 Å². The van der Waals surface area contributed by atoms with Crippen LogP contribution >= 0.6 is 0 Å². The molecule has 0 amide bonds. The fourth-order valence-electron chi connectivity index (χ4n) is 5.11. The third-order valence-corrected chi connectivity index (χ3v) is 6.30. The molecule has 3 heterocycles. The SMILES string of the molecule is CO[C@H]1CN(C2CCOCC2)[C@H]2Cc3c(oc4ccccc34)[C@@H]1C2. The summed E-state index contributed by atoms with van der Waals surface area (Å²) in [6.07, 6.45) is 4.79. The molecule has 0 saturated carbocycles. The van der Waals surface area contributed by atoms with E-state index in [1.54, 1.807) is 0 Å². The molecule has 4 nitrogen and oxygen atoms in total. The van der Waals surface area contributed by atoms with E-state index in [0.717, 1.165) is 51.0 Å². The number of ether oxygens (including phenoxy) is 2. The van der Waals surface area contributed by atoms with Crippen LogP contribution < -0.4 is 0 Å². The van der Waals surface area contributed by atoms with Crippen molar-refractivity contribution in [2.45, 2.75) is 49.8 Å². The minimum absolute atomic E-state index is 0.226. The molecular weight excluding hydrogens is 302 g/mol. The third-order valence-electron chi connectivity index (χ3n) is 6.30. The molecule has 3 atom stereocenters. The summed E-state index contributed by atoms with van der Waals surface area (Å²) in [5, 5.41) is 1.30. The van der Waals surface area contributed by atoms with Gasteiger partial charge >= 0.3 is 0 Å². The average molecular weight is 327 g/mol. The quantitative estimate of drug-likeness (QED) is 0.847. The second kappa shape index (κ2) is 5.87. The summed E-state index contributed by atoms with van der Waals surface area (Å²) in [4.78, 5) is 2.72. The number of methoxy groups -OCH3 is 1. The molecule has 2 bridgehead atoms. The maximum atomic E-state index is 6.27. The van der Waals surface area contributed by atoms with Crippen LogP contribution in [0.15, 0.2) is 28.7 Å². The summed E-state index contributed by atoms with van der Waals surface area (Å²) in [5.74, 6) is 1.58. The van der Waals surface area contributed by atoms with Gasteiger partial charge in [0.1, 0.15) is 11.3 Å². The van der Waals surface area contributed by atoms with Gasteiger partial charge in [-0.2, -0.15) is 0 Å². The molecule has 2 aliphatic heterocycles. The van der Waals surface area contributed by atoms with Gasteiger partial charge in [0.2, 0.25) is 0 Å². The highest BCUT2D eigenvalue weighted by Crippen LogP contribution is 2.45. The van der Waals surface area contributed by atoms with Crippen molar-refractivity contribution in [1.82, 2.24) is 4.90 Å². The topological polar surface area (TPSA) is 34.8 Å². The lowest BCUT2D eigenvalue weighted by Crippen LogP contribution is -2.57. The molecule has 3 aliphatic rings. The Balaban J connectivity index is 1.55. The highest BCUT2D eigenvalue weighted by Gasteiger charge is 2.45. The minimum Gasteiger partial charge on any atom is -0.460 e. The largest absolute Gasteiger partial charge is 0.460 e. The van der Waals surface area contributed by atoms with Crippen molar-refractivity contribution >= 4 is 11.0 Å². The van der Waals surface area contributed by atoms with E-state index in [1.807, 2.05) is 7.11 Å². The first kappa shape index (κ1) is 14.9. The molecule has 4 heteroatoms. The number of rotatable bonds is 2. The van der Waals surface area contributed by atoms with Crippen molar-refractivity contribution < 1.29 is 13.9 Å². The van der Waals surface area contributed by atoms with Gasteiger partial charge in [0, 0.05) is 55.8 Å². The zero-order chi connectivity index (χ0) is 16.1. The lowest BCUT2D eigenvalue weighted by molar-refractivity contribution is -0.0610. The number of likely N-dealkylation sites (tertiary alicyclic amines) is 1. The molecule has 0 unspecified atom stereocenters. The maximum Gasteiger partial charge on any atom is 0.134 e. The van der Waals surface area contributed by atoms with Crippen LogP contribution in [0.2, 0.25) is 0 Å². The Labute approximate surface area is 142 Å². The molecule has 2 fully saturated rings. The summed E-state index contributed by atoms with van der Waals surface area (Å²) >= 11 is 0. The fourth-order valence-corrected chi connectivity index (χ4v) is 5.11. The molecule has 2 saturated heterocycles. The number of hydrogen-bond donors (Lipinski definition) is 0. The van der Waals surface area contributed by atoms with Crippen LogP contribution in [-0.4, -0.2) is 50.0 Å². The van der Waals surface area contributed by atoms with Crippen molar-refractivity contribution in [2.75, 3.05) is 26.9 Å². The molecule has 128 valence electrons. The highest BCUT2D eigenvalue weighted by atomic mass is 16.5. The van der Waals surface area contributed by atoms with Crippen molar-refractivity contribution in [3.05, 3.63) is 35.6 Å². The number of nitrogens with zero attached hydrogens (tertiary/aromatic N) is 1. The van der Waals surface area contributed by atoms with E-state index < -0.39 is 0 Å². The highest BCUT2D eigenvalue weighted by molar-refractivity contribution is 5.82. The van der Waals surface area contributed by atoms with Gasteiger partial charge in [0.25, 0.3) is 0 Å². The van der Waals surface area contributed by atoms with E-state index in [4.69, 9.17) is 13.9 Å². The monoisotopic (exact) mass is 327 g/mol. The molecule has 5 rings (SSSR count). The number of para-hydroxylation sites is 1. The van der Waals surface area contributed by atoms with Crippen LogP contribution in [0.3, 0.4) is 0 Å². The van der Waals surface area contributed by atoms with Crippen LogP contribution in [0.4, 0.5) is 0 Å². The second-order valence-corrected chi connectivity index (χ2v) is 7.46. The fraction of sp³-hybridized carbons (Fsp3) is 0.600. The smallest absolute Gasteiger partial charge is 0.134 e. The lowest BCUT2D eigenvalue weighted by atomic mass is 9.76. The molecule has 0 N–H and O–H groups in total. The minimum atomic E-state index is 0.226. The van der Waals surface area contributed by atoms with E-state index in [9.17, 15) is 0 Å². The van der Waals surface area contributed by atoms with E-state index in [2.05, 4.69) is 29.2 Å². The van der Waals surface area contributed by atoms with Crippen molar-refractivity contribution in [1.29, 1.82) is 0 Å². The Morgan fingerprint density at radius 1 is 1.12 bits per heavy atom. The second-order valence-electron chi connectivity index (χ2n) is 7.46. The van der Waals surface area contributed by atoms with Crippen LogP contribution in [0.1, 0.15) is 36.5 Å². The normalized spacial score (nSPS) is 31.3. The van der Waals surface area contributed by atoms with Gasteiger partial charge in [-0.15, -0.1) is 0 Å².